The lowest BCUT2D eigenvalue weighted by atomic mass is 10.2. The Labute approximate surface area is 88.9 Å². The molecule has 0 atom stereocenters. The van der Waals surface area contributed by atoms with E-state index in [4.69, 9.17) is 0 Å². The predicted molar refractivity (Wildman–Crippen MR) is 56.1 cm³/mol. The summed E-state index contributed by atoms with van der Waals surface area (Å²) in [5.74, 6) is -0.783. The molecule has 3 nitrogen and oxygen atoms in total. The first-order valence-electron chi connectivity index (χ1n) is 5.02. The fourth-order valence-electron chi connectivity index (χ4n) is 1.25. The zero-order chi connectivity index (χ0) is 11.3. The highest BCUT2D eigenvalue weighted by Crippen LogP contribution is 2.05. The van der Waals surface area contributed by atoms with Crippen LogP contribution in [0.3, 0.4) is 0 Å². The van der Waals surface area contributed by atoms with Crippen LogP contribution in [0, 0.1) is 5.95 Å². The van der Waals surface area contributed by atoms with Crippen LogP contribution in [0.25, 0.3) is 0 Å². The number of carbonyl (C=O) groups is 1. The molecule has 1 amide bonds. The van der Waals surface area contributed by atoms with Crippen LogP contribution in [0.5, 0.6) is 0 Å². The number of hydrogen-bond acceptors (Lipinski definition) is 2. The molecule has 1 rings (SSSR count). The fourth-order valence-corrected chi connectivity index (χ4v) is 1.25. The predicted octanol–water partition coefficient (Wildman–Crippen LogP) is 2.09. The molecule has 1 aromatic rings. The maximum Gasteiger partial charge on any atom is 0.253 e. The molecule has 1 aromatic heterocycles. The van der Waals surface area contributed by atoms with Gasteiger partial charge < -0.3 is 4.90 Å². The van der Waals surface area contributed by atoms with Gasteiger partial charge >= 0.3 is 0 Å². The average Bonchev–Trinajstić information content (AvgIpc) is 2.24. The normalized spacial score (nSPS) is 10.1. The van der Waals surface area contributed by atoms with Gasteiger partial charge in [-0.25, -0.2) is 4.98 Å². The maximum absolute atomic E-state index is 12.8. The Balaban J connectivity index is 2.67. The highest BCUT2D eigenvalue weighted by atomic mass is 19.1. The Kier molecular flexibility index (Phi) is 4.21. The SMILES string of the molecule is CCCCN(C)C(=O)c1ccnc(F)c1. The summed E-state index contributed by atoms with van der Waals surface area (Å²) in [7, 11) is 1.72. The van der Waals surface area contributed by atoms with Crippen LogP contribution in [0.1, 0.15) is 30.1 Å². The molecule has 0 aliphatic heterocycles. The number of halogens is 1. The Bertz CT molecular complexity index is 341. The second-order valence-corrected chi connectivity index (χ2v) is 3.45. The van der Waals surface area contributed by atoms with E-state index in [1.54, 1.807) is 11.9 Å². The van der Waals surface area contributed by atoms with Gasteiger partial charge in [0.25, 0.3) is 5.91 Å². The second-order valence-electron chi connectivity index (χ2n) is 3.45. The van der Waals surface area contributed by atoms with Crippen molar-refractivity contribution in [1.82, 2.24) is 9.88 Å². The van der Waals surface area contributed by atoms with E-state index in [9.17, 15) is 9.18 Å². The molecule has 0 spiro atoms. The minimum Gasteiger partial charge on any atom is -0.342 e. The Hall–Kier alpha value is -1.45. The first kappa shape index (κ1) is 11.6. The van der Waals surface area contributed by atoms with E-state index in [1.165, 1.54) is 12.3 Å². The Morgan fingerprint density at radius 1 is 1.60 bits per heavy atom. The monoisotopic (exact) mass is 210 g/mol. The van der Waals surface area contributed by atoms with Crippen molar-refractivity contribution in [3.8, 4) is 0 Å². The topological polar surface area (TPSA) is 33.2 Å². The quantitative estimate of drug-likeness (QED) is 0.713. The number of aromatic nitrogens is 1. The molecular weight excluding hydrogens is 195 g/mol. The molecule has 0 saturated carbocycles. The summed E-state index contributed by atoms with van der Waals surface area (Å²) in [6.07, 6.45) is 3.29. The molecule has 82 valence electrons. The molecule has 0 radical (unpaired) electrons. The summed E-state index contributed by atoms with van der Waals surface area (Å²) in [5.41, 5.74) is 0.348. The summed E-state index contributed by atoms with van der Waals surface area (Å²) in [6, 6.07) is 2.68. The van der Waals surface area contributed by atoms with Gasteiger partial charge in [0, 0.05) is 31.4 Å². The van der Waals surface area contributed by atoms with E-state index in [1.807, 2.05) is 0 Å². The number of carbonyl (C=O) groups excluding carboxylic acids is 1. The number of pyridine rings is 1. The third kappa shape index (κ3) is 3.31. The van der Waals surface area contributed by atoms with Crippen LogP contribution in [0.15, 0.2) is 18.3 Å². The van der Waals surface area contributed by atoms with Crippen LogP contribution < -0.4 is 0 Å². The molecule has 0 aromatic carbocycles. The summed E-state index contributed by atoms with van der Waals surface area (Å²) in [6.45, 7) is 2.75. The number of nitrogens with zero attached hydrogens (tertiary/aromatic N) is 2. The van der Waals surface area contributed by atoms with Gasteiger partial charge in [-0.15, -0.1) is 0 Å². The molecule has 0 fully saturated rings. The molecule has 0 unspecified atom stereocenters. The van der Waals surface area contributed by atoms with Crippen LogP contribution in [-0.4, -0.2) is 29.4 Å². The van der Waals surface area contributed by atoms with E-state index in [-0.39, 0.29) is 5.91 Å². The third-order valence-corrected chi connectivity index (χ3v) is 2.17. The minimum atomic E-state index is -0.621. The van der Waals surface area contributed by atoms with E-state index in [2.05, 4.69) is 11.9 Å². The highest BCUT2D eigenvalue weighted by molar-refractivity contribution is 5.93. The van der Waals surface area contributed by atoms with Crippen molar-refractivity contribution in [2.75, 3.05) is 13.6 Å². The molecule has 0 aliphatic carbocycles. The number of hydrogen-bond donors (Lipinski definition) is 0. The lowest BCUT2D eigenvalue weighted by molar-refractivity contribution is 0.0792. The maximum atomic E-state index is 12.8. The van der Waals surface area contributed by atoms with E-state index in [0.29, 0.717) is 12.1 Å². The lowest BCUT2D eigenvalue weighted by Gasteiger charge is -2.16. The standard InChI is InChI=1S/C11H15FN2O/c1-3-4-7-14(2)11(15)9-5-6-13-10(12)8-9/h5-6,8H,3-4,7H2,1-2H3. The molecular formula is C11H15FN2O. The largest absolute Gasteiger partial charge is 0.342 e. The number of unbranched alkanes of at least 4 members (excludes halogenated alkanes) is 1. The van der Waals surface area contributed by atoms with Gasteiger partial charge in [0.05, 0.1) is 0 Å². The first-order chi connectivity index (χ1) is 7.15. The van der Waals surface area contributed by atoms with Gasteiger partial charge in [-0.3, -0.25) is 4.79 Å². The zero-order valence-corrected chi connectivity index (χ0v) is 9.03. The molecule has 0 saturated heterocycles. The second kappa shape index (κ2) is 5.44. The molecule has 4 heteroatoms. The fraction of sp³-hybridized carbons (Fsp3) is 0.455. The molecule has 15 heavy (non-hydrogen) atoms. The summed E-state index contributed by atoms with van der Waals surface area (Å²) >= 11 is 0. The minimum absolute atomic E-state index is 0.162. The molecule has 1 heterocycles. The van der Waals surface area contributed by atoms with Crippen LogP contribution in [-0.2, 0) is 0 Å². The molecule has 0 bridgehead atoms. The summed E-state index contributed by atoms with van der Waals surface area (Å²) in [5, 5.41) is 0. The van der Waals surface area contributed by atoms with Crippen LogP contribution in [0.2, 0.25) is 0 Å². The van der Waals surface area contributed by atoms with E-state index in [0.717, 1.165) is 18.9 Å². The van der Waals surface area contributed by atoms with E-state index < -0.39 is 5.95 Å². The van der Waals surface area contributed by atoms with Gasteiger partial charge in [0.2, 0.25) is 5.95 Å². The summed E-state index contributed by atoms with van der Waals surface area (Å²) < 4.78 is 12.8. The van der Waals surface area contributed by atoms with Gasteiger partial charge in [-0.05, 0) is 12.5 Å². The first-order valence-corrected chi connectivity index (χ1v) is 5.02. The zero-order valence-electron chi connectivity index (χ0n) is 9.03. The lowest BCUT2D eigenvalue weighted by Crippen LogP contribution is -2.27. The average molecular weight is 210 g/mol. The third-order valence-electron chi connectivity index (χ3n) is 2.17. The highest BCUT2D eigenvalue weighted by Gasteiger charge is 2.11. The number of rotatable bonds is 4. The van der Waals surface area contributed by atoms with Crippen molar-refractivity contribution in [2.45, 2.75) is 19.8 Å². The molecule has 0 N–H and O–H groups in total. The molecule has 0 aliphatic rings. The van der Waals surface area contributed by atoms with Crippen molar-refractivity contribution in [1.29, 1.82) is 0 Å². The Morgan fingerprint density at radius 3 is 2.93 bits per heavy atom. The van der Waals surface area contributed by atoms with Crippen LogP contribution in [0.4, 0.5) is 4.39 Å². The van der Waals surface area contributed by atoms with Gasteiger partial charge in [0.1, 0.15) is 0 Å². The number of amides is 1. The van der Waals surface area contributed by atoms with Crippen molar-refractivity contribution in [3.63, 3.8) is 0 Å². The van der Waals surface area contributed by atoms with Crippen molar-refractivity contribution >= 4 is 5.91 Å². The Morgan fingerprint density at radius 2 is 2.33 bits per heavy atom. The van der Waals surface area contributed by atoms with Gasteiger partial charge in [-0.1, -0.05) is 13.3 Å². The van der Waals surface area contributed by atoms with E-state index >= 15 is 0 Å². The summed E-state index contributed by atoms with van der Waals surface area (Å²) in [4.78, 5) is 16.7. The van der Waals surface area contributed by atoms with Crippen LogP contribution >= 0.6 is 0 Å². The van der Waals surface area contributed by atoms with Gasteiger partial charge in [0.15, 0.2) is 0 Å². The van der Waals surface area contributed by atoms with Crippen molar-refractivity contribution in [3.05, 3.63) is 29.8 Å². The van der Waals surface area contributed by atoms with Gasteiger partial charge in [-0.2, -0.15) is 4.39 Å². The van der Waals surface area contributed by atoms with Crippen molar-refractivity contribution in [2.24, 2.45) is 0 Å². The van der Waals surface area contributed by atoms with Crippen molar-refractivity contribution < 1.29 is 9.18 Å². The smallest absolute Gasteiger partial charge is 0.253 e.